The minimum atomic E-state index is -2.48. The maximum Gasteiger partial charge on any atom is 0.248 e. The fourth-order valence-corrected chi connectivity index (χ4v) is 3.38. The molecule has 1 atom stereocenters. The fraction of sp³-hybridized carbons (Fsp3) is 0.600. The number of alkyl halides is 2. The largest absolute Gasteiger partial charge is 0.316 e. The van der Waals surface area contributed by atoms with Gasteiger partial charge in [0.25, 0.3) is 0 Å². The van der Waals surface area contributed by atoms with Crippen LogP contribution < -0.4 is 5.32 Å². The highest BCUT2D eigenvalue weighted by molar-refractivity contribution is 6.35. The van der Waals surface area contributed by atoms with Crippen LogP contribution in [0.5, 0.6) is 0 Å². The van der Waals surface area contributed by atoms with Crippen molar-refractivity contribution in [2.45, 2.75) is 44.1 Å². The van der Waals surface area contributed by atoms with Crippen molar-refractivity contribution in [3.63, 3.8) is 0 Å². The summed E-state index contributed by atoms with van der Waals surface area (Å²) in [4.78, 5) is 0. The van der Waals surface area contributed by atoms with Gasteiger partial charge in [-0.2, -0.15) is 0 Å². The minimum absolute atomic E-state index is 0.00973. The van der Waals surface area contributed by atoms with Crippen LogP contribution in [0.25, 0.3) is 0 Å². The van der Waals surface area contributed by atoms with Gasteiger partial charge < -0.3 is 5.32 Å². The second-order valence-electron chi connectivity index (χ2n) is 5.53. The van der Waals surface area contributed by atoms with Gasteiger partial charge in [-0.25, -0.2) is 8.78 Å². The van der Waals surface area contributed by atoms with Crippen molar-refractivity contribution < 1.29 is 8.78 Å². The number of nitrogens with one attached hydrogen (secondary N) is 1. The Bertz CT molecular complexity index is 455. The Morgan fingerprint density at radius 3 is 2.50 bits per heavy atom. The van der Waals surface area contributed by atoms with E-state index >= 15 is 0 Å². The smallest absolute Gasteiger partial charge is 0.248 e. The third kappa shape index (κ3) is 4.06. The van der Waals surface area contributed by atoms with Crippen LogP contribution in [0.1, 0.15) is 31.2 Å². The van der Waals surface area contributed by atoms with Crippen molar-refractivity contribution in [2.24, 2.45) is 5.92 Å². The Kier molecular flexibility index (Phi) is 5.27. The molecule has 0 amide bonds. The second kappa shape index (κ2) is 6.59. The maximum absolute atomic E-state index is 13.2. The summed E-state index contributed by atoms with van der Waals surface area (Å²) in [5, 5.41) is 4.50. The average Bonchev–Trinajstić information content (AvgIpc) is 2.39. The van der Waals surface area contributed by atoms with Crippen LogP contribution in [-0.2, 0) is 6.42 Å². The zero-order valence-corrected chi connectivity index (χ0v) is 12.9. The van der Waals surface area contributed by atoms with Gasteiger partial charge in [0.2, 0.25) is 5.92 Å². The number of halogens is 4. The van der Waals surface area contributed by atoms with E-state index in [4.69, 9.17) is 23.2 Å². The van der Waals surface area contributed by atoms with E-state index in [1.165, 1.54) is 0 Å². The van der Waals surface area contributed by atoms with Crippen LogP contribution in [0.2, 0.25) is 10.0 Å². The zero-order valence-electron chi connectivity index (χ0n) is 11.4. The van der Waals surface area contributed by atoms with E-state index in [-0.39, 0.29) is 24.8 Å². The molecular weight excluding hydrogens is 303 g/mol. The zero-order chi connectivity index (χ0) is 14.8. The Morgan fingerprint density at radius 1 is 1.30 bits per heavy atom. The van der Waals surface area contributed by atoms with Gasteiger partial charge >= 0.3 is 0 Å². The highest BCUT2D eigenvalue weighted by Gasteiger charge is 2.37. The molecule has 112 valence electrons. The molecule has 0 radical (unpaired) electrons. The molecule has 1 fully saturated rings. The second-order valence-corrected chi connectivity index (χ2v) is 6.37. The molecule has 1 aromatic rings. The van der Waals surface area contributed by atoms with Gasteiger partial charge in [-0.05, 0) is 49.9 Å². The standard InChI is InChI=1S/C15H19Cl2F2N/c1-20-14(10-4-6-15(18,19)7-5-10)8-11-2-3-12(16)9-13(11)17/h2-3,9-10,14,20H,4-8H2,1H3. The van der Waals surface area contributed by atoms with Gasteiger partial charge in [0.05, 0.1) is 0 Å². The van der Waals surface area contributed by atoms with Crippen molar-refractivity contribution in [2.75, 3.05) is 7.05 Å². The first-order valence-electron chi connectivity index (χ1n) is 6.90. The number of rotatable bonds is 4. The molecule has 1 aromatic carbocycles. The van der Waals surface area contributed by atoms with E-state index in [1.807, 2.05) is 19.2 Å². The van der Waals surface area contributed by atoms with E-state index in [0.29, 0.717) is 22.9 Å². The summed E-state index contributed by atoms with van der Waals surface area (Å²) in [6, 6.07) is 5.61. The van der Waals surface area contributed by atoms with E-state index in [1.54, 1.807) is 6.07 Å². The molecular formula is C15H19Cl2F2N. The lowest BCUT2D eigenvalue weighted by molar-refractivity contribution is -0.0492. The first kappa shape index (κ1) is 16.0. The third-order valence-electron chi connectivity index (χ3n) is 4.16. The minimum Gasteiger partial charge on any atom is -0.316 e. The fourth-order valence-electron chi connectivity index (χ4n) is 2.89. The van der Waals surface area contributed by atoms with Crippen molar-refractivity contribution >= 4 is 23.2 Å². The van der Waals surface area contributed by atoms with E-state index in [9.17, 15) is 8.78 Å². The first-order valence-corrected chi connectivity index (χ1v) is 7.66. The molecule has 1 saturated carbocycles. The highest BCUT2D eigenvalue weighted by atomic mass is 35.5. The molecule has 5 heteroatoms. The molecule has 20 heavy (non-hydrogen) atoms. The molecule has 1 aliphatic rings. The molecule has 0 saturated heterocycles. The quantitative estimate of drug-likeness (QED) is 0.827. The lowest BCUT2D eigenvalue weighted by atomic mass is 9.80. The van der Waals surface area contributed by atoms with Crippen LogP contribution in [0.3, 0.4) is 0 Å². The summed E-state index contributed by atoms with van der Waals surface area (Å²) in [5.41, 5.74) is 1.01. The molecule has 2 rings (SSSR count). The normalized spacial score (nSPS) is 20.9. The number of hydrogen-bond donors (Lipinski definition) is 1. The van der Waals surface area contributed by atoms with Crippen LogP contribution in [-0.4, -0.2) is 19.0 Å². The predicted octanol–water partition coefficient (Wildman–Crippen LogP) is 4.95. The van der Waals surface area contributed by atoms with Crippen molar-refractivity contribution in [1.29, 1.82) is 0 Å². The van der Waals surface area contributed by atoms with E-state index in [2.05, 4.69) is 5.32 Å². The maximum atomic E-state index is 13.2. The van der Waals surface area contributed by atoms with Crippen LogP contribution in [0.15, 0.2) is 18.2 Å². The van der Waals surface area contributed by atoms with Gasteiger partial charge in [-0.1, -0.05) is 29.3 Å². The molecule has 0 aromatic heterocycles. The lowest BCUT2D eigenvalue weighted by Gasteiger charge is -2.34. The van der Waals surface area contributed by atoms with Crippen molar-refractivity contribution in [1.82, 2.24) is 5.32 Å². The highest BCUT2D eigenvalue weighted by Crippen LogP contribution is 2.38. The predicted molar refractivity (Wildman–Crippen MR) is 79.9 cm³/mol. The molecule has 0 aliphatic heterocycles. The molecule has 1 nitrogen and oxygen atoms in total. The summed E-state index contributed by atoms with van der Waals surface area (Å²) in [7, 11) is 1.88. The molecule has 1 unspecified atom stereocenters. The van der Waals surface area contributed by atoms with Gasteiger partial charge in [-0.3, -0.25) is 0 Å². The Hall–Kier alpha value is -0.380. The van der Waals surface area contributed by atoms with Crippen LogP contribution in [0, 0.1) is 5.92 Å². The number of likely N-dealkylation sites (N-methyl/N-ethyl adjacent to an activating group) is 1. The van der Waals surface area contributed by atoms with Crippen LogP contribution in [0.4, 0.5) is 8.78 Å². The molecule has 1 aliphatic carbocycles. The lowest BCUT2D eigenvalue weighted by Crippen LogP contribution is -2.39. The number of hydrogen-bond acceptors (Lipinski definition) is 1. The Balaban J connectivity index is 2.02. The first-order chi connectivity index (χ1) is 9.41. The third-order valence-corrected chi connectivity index (χ3v) is 4.74. The number of benzene rings is 1. The van der Waals surface area contributed by atoms with E-state index in [0.717, 1.165) is 12.0 Å². The Morgan fingerprint density at radius 2 is 1.95 bits per heavy atom. The summed E-state index contributed by atoms with van der Waals surface area (Å²) in [6.45, 7) is 0. The molecule has 1 N–H and O–H groups in total. The topological polar surface area (TPSA) is 12.0 Å². The summed E-state index contributed by atoms with van der Waals surface area (Å²) in [5.74, 6) is -2.21. The Labute approximate surface area is 128 Å². The summed E-state index contributed by atoms with van der Waals surface area (Å²) in [6.07, 6.45) is 1.84. The average molecular weight is 322 g/mol. The summed E-state index contributed by atoms with van der Waals surface area (Å²) >= 11 is 12.1. The van der Waals surface area contributed by atoms with E-state index < -0.39 is 5.92 Å². The van der Waals surface area contributed by atoms with Gasteiger partial charge in [0.15, 0.2) is 0 Å². The molecule has 0 spiro atoms. The summed E-state index contributed by atoms with van der Waals surface area (Å²) < 4.78 is 26.4. The van der Waals surface area contributed by atoms with Gasteiger partial charge in [-0.15, -0.1) is 0 Å². The van der Waals surface area contributed by atoms with Crippen molar-refractivity contribution in [3.05, 3.63) is 33.8 Å². The molecule has 0 heterocycles. The van der Waals surface area contributed by atoms with Gasteiger partial charge in [0, 0.05) is 28.9 Å². The van der Waals surface area contributed by atoms with Crippen molar-refractivity contribution in [3.8, 4) is 0 Å². The van der Waals surface area contributed by atoms with Gasteiger partial charge in [0.1, 0.15) is 0 Å². The SMILES string of the molecule is CNC(Cc1ccc(Cl)cc1Cl)C1CCC(F)(F)CC1. The monoisotopic (exact) mass is 321 g/mol. The van der Waals surface area contributed by atoms with Crippen LogP contribution >= 0.6 is 23.2 Å². The molecule has 0 bridgehead atoms.